The van der Waals surface area contributed by atoms with Gasteiger partial charge >= 0.3 is 0 Å². The Hall–Kier alpha value is -0.920. The van der Waals surface area contributed by atoms with E-state index in [-0.39, 0.29) is 24.5 Å². The quantitative estimate of drug-likeness (QED) is 0.773. The smallest absolute Gasteiger partial charge is 0.235 e. The molecular weight excluding hydrogens is 392 g/mol. The van der Waals surface area contributed by atoms with Gasteiger partial charge in [-0.05, 0) is 37.5 Å². The first-order valence-electron chi connectivity index (χ1n) is 8.29. The zero-order valence-electron chi connectivity index (χ0n) is 14.2. The molecule has 1 amide bonds. The van der Waals surface area contributed by atoms with E-state index in [0.29, 0.717) is 0 Å². The normalized spacial score (nSPS) is 17.7. The predicted molar refractivity (Wildman–Crippen MR) is 99.1 cm³/mol. The Kier molecular flexibility index (Phi) is 6.83. The molecule has 1 saturated carbocycles. The first kappa shape index (κ1) is 19.4. The van der Waals surface area contributed by atoms with E-state index in [1.807, 2.05) is 31.2 Å². The molecule has 1 N–H and O–H groups in total. The minimum absolute atomic E-state index is 0.0533. The van der Waals surface area contributed by atoms with Crippen LogP contribution in [0.25, 0.3) is 0 Å². The molecule has 0 bridgehead atoms. The molecule has 24 heavy (non-hydrogen) atoms. The number of hydrogen-bond acceptors (Lipinski definition) is 3. The van der Waals surface area contributed by atoms with Crippen molar-refractivity contribution in [1.29, 1.82) is 0 Å². The molecule has 1 aromatic rings. The Bertz CT molecular complexity index is 655. The summed E-state index contributed by atoms with van der Waals surface area (Å²) in [5.41, 5.74) is 0.982. The van der Waals surface area contributed by atoms with Gasteiger partial charge in [0.05, 0.1) is 18.8 Å². The predicted octanol–water partition coefficient (Wildman–Crippen LogP) is 3.22. The van der Waals surface area contributed by atoms with E-state index in [2.05, 4.69) is 21.2 Å². The number of carbonyl (C=O) groups excluding carboxylic acids is 1. The monoisotopic (exact) mass is 416 g/mol. The number of halogens is 1. The van der Waals surface area contributed by atoms with Crippen molar-refractivity contribution in [2.75, 3.05) is 12.8 Å². The maximum absolute atomic E-state index is 12.4. The lowest BCUT2D eigenvalue weighted by atomic mass is 9.95. The van der Waals surface area contributed by atoms with Crippen LogP contribution < -0.4 is 5.32 Å². The van der Waals surface area contributed by atoms with Crippen LogP contribution in [-0.4, -0.2) is 37.5 Å². The molecule has 0 spiro atoms. The lowest BCUT2D eigenvalue weighted by molar-refractivity contribution is -0.122. The number of nitrogens with one attached hydrogen (secondary N) is 1. The van der Waals surface area contributed by atoms with E-state index in [9.17, 15) is 13.2 Å². The van der Waals surface area contributed by atoms with Gasteiger partial charge in [-0.25, -0.2) is 8.42 Å². The van der Waals surface area contributed by atoms with Crippen LogP contribution in [0.3, 0.4) is 0 Å². The van der Waals surface area contributed by atoms with Gasteiger partial charge in [0.25, 0.3) is 0 Å². The second kappa shape index (κ2) is 8.45. The van der Waals surface area contributed by atoms with Crippen molar-refractivity contribution in [1.82, 2.24) is 9.62 Å². The van der Waals surface area contributed by atoms with Crippen molar-refractivity contribution in [2.45, 2.75) is 51.1 Å². The topological polar surface area (TPSA) is 66.5 Å². The average molecular weight is 417 g/mol. The standard InChI is InChI=1S/C17H25BrN2O3S/c1-13(14-8-10-15(18)11-9-14)19-17(21)12-20(24(2,22)23)16-6-4-3-5-7-16/h8-11,13,16H,3-7,12H2,1-2H3,(H,19,21). The maximum Gasteiger partial charge on any atom is 0.235 e. The summed E-state index contributed by atoms with van der Waals surface area (Å²) in [6.07, 6.45) is 6.04. The number of amides is 1. The average Bonchev–Trinajstić information content (AvgIpc) is 2.53. The molecule has 0 heterocycles. The SMILES string of the molecule is CC(NC(=O)CN(C1CCCCC1)S(C)(=O)=O)c1ccc(Br)cc1. The van der Waals surface area contributed by atoms with Crippen molar-refractivity contribution in [2.24, 2.45) is 0 Å². The summed E-state index contributed by atoms with van der Waals surface area (Å²) < 4.78 is 26.5. The molecule has 0 saturated heterocycles. The van der Waals surface area contributed by atoms with Crippen molar-refractivity contribution >= 4 is 31.9 Å². The summed E-state index contributed by atoms with van der Waals surface area (Å²) >= 11 is 3.38. The fraction of sp³-hybridized carbons (Fsp3) is 0.588. The molecule has 2 rings (SSSR count). The summed E-state index contributed by atoms with van der Waals surface area (Å²) in [4.78, 5) is 12.4. The second-order valence-corrected chi connectivity index (χ2v) is 9.29. The van der Waals surface area contributed by atoms with Crippen molar-refractivity contribution in [3.8, 4) is 0 Å². The summed E-state index contributed by atoms with van der Waals surface area (Å²) in [6.45, 7) is 1.79. The Balaban J connectivity index is 2.00. The van der Waals surface area contributed by atoms with Gasteiger partial charge in [0, 0.05) is 10.5 Å². The molecule has 1 atom stereocenters. The van der Waals surface area contributed by atoms with E-state index in [0.717, 1.165) is 42.1 Å². The lowest BCUT2D eigenvalue weighted by Gasteiger charge is -2.32. The van der Waals surface area contributed by atoms with Gasteiger partial charge in [0.2, 0.25) is 15.9 Å². The fourth-order valence-corrected chi connectivity index (χ4v) is 4.52. The van der Waals surface area contributed by atoms with E-state index in [4.69, 9.17) is 0 Å². The third-order valence-corrected chi connectivity index (χ3v) is 6.26. The van der Waals surface area contributed by atoms with Gasteiger partial charge in [-0.2, -0.15) is 4.31 Å². The Labute approximate surface area is 153 Å². The summed E-state index contributed by atoms with van der Waals surface area (Å²) in [5, 5.41) is 2.90. The number of hydrogen-bond donors (Lipinski definition) is 1. The van der Waals surface area contributed by atoms with Gasteiger partial charge in [-0.3, -0.25) is 4.79 Å². The van der Waals surface area contributed by atoms with E-state index >= 15 is 0 Å². The molecule has 1 aromatic carbocycles. The van der Waals surface area contributed by atoms with Crippen molar-refractivity contribution < 1.29 is 13.2 Å². The molecule has 0 aromatic heterocycles. The van der Waals surface area contributed by atoms with Gasteiger partial charge in [-0.15, -0.1) is 0 Å². The number of rotatable bonds is 6. The lowest BCUT2D eigenvalue weighted by Crippen LogP contribution is -2.46. The third-order valence-electron chi connectivity index (χ3n) is 4.45. The van der Waals surface area contributed by atoms with Crippen LogP contribution in [-0.2, 0) is 14.8 Å². The molecular formula is C17H25BrN2O3S. The Morgan fingerprint density at radius 2 is 1.83 bits per heavy atom. The second-order valence-electron chi connectivity index (χ2n) is 6.44. The van der Waals surface area contributed by atoms with Gasteiger partial charge in [0.15, 0.2) is 0 Å². The molecule has 7 heteroatoms. The first-order valence-corrected chi connectivity index (χ1v) is 10.9. The van der Waals surface area contributed by atoms with Crippen LogP contribution in [0, 0.1) is 0 Å². The van der Waals surface area contributed by atoms with Gasteiger partial charge < -0.3 is 5.32 Å². The Morgan fingerprint density at radius 3 is 2.38 bits per heavy atom. The maximum atomic E-state index is 12.4. The molecule has 1 unspecified atom stereocenters. The molecule has 134 valence electrons. The highest BCUT2D eigenvalue weighted by molar-refractivity contribution is 9.10. The van der Waals surface area contributed by atoms with E-state index < -0.39 is 10.0 Å². The molecule has 0 aliphatic heterocycles. The highest BCUT2D eigenvalue weighted by Crippen LogP contribution is 2.24. The molecule has 0 radical (unpaired) electrons. The van der Waals surface area contributed by atoms with Crippen LogP contribution in [0.4, 0.5) is 0 Å². The number of benzene rings is 1. The molecule has 1 aliphatic carbocycles. The van der Waals surface area contributed by atoms with Crippen molar-refractivity contribution in [3.05, 3.63) is 34.3 Å². The number of carbonyl (C=O) groups is 1. The summed E-state index contributed by atoms with van der Waals surface area (Å²) in [5.74, 6) is -0.263. The molecule has 1 aliphatic rings. The van der Waals surface area contributed by atoms with Crippen LogP contribution in [0.1, 0.15) is 50.6 Å². The Morgan fingerprint density at radius 1 is 1.25 bits per heavy atom. The van der Waals surface area contributed by atoms with Crippen LogP contribution >= 0.6 is 15.9 Å². The first-order chi connectivity index (χ1) is 11.3. The zero-order chi connectivity index (χ0) is 17.7. The molecule has 5 nitrogen and oxygen atoms in total. The summed E-state index contributed by atoms with van der Waals surface area (Å²) in [6, 6.07) is 7.49. The molecule has 1 fully saturated rings. The van der Waals surface area contributed by atoms with Crippen LogP contribution in [0.15, 0.2) is 28.7 Å². The number of nitrogens with zero attached hydrogens (tertiary/aromatic N) is 1. The highest BCUT2D eigenvalue weighted by Gasteiger charge is 2.30. The highest BCUT2D eigenvalue weighted by atomic mass is 79.9. The van der Waals surface area contributed by atoms with E-state index in [1.165, 1.54) is 10.6 Å². The van der Waals surface area contributed by atoms with Gasteiger partial charge in [-0.1, -0.05) is 47.3 Å². The summed E-state index contributed by atoms with van der Waals surface area (Å²) in [7, 11) is -3.40. The minimum atomic E-state index is -3.40. The third kappa shape index (κ3) is 5.57. The zero-order valence-corrected chi connectivity index (χ0v) is 16.6. The van der Waals surface area contributed by atoms with Crippen LogP contribution in [0.5, 0.6) is 0 Å². The fourth-order valence-electron chi connectivity index (χ4n) is 3.15. The number of sulfonamides is 1. The van der Waals surface area contributed by atoms with Gasteiger partial charge in [0.1, 0.15) is 0 Å². The van der Waals surface area contributed by atoms with E-state index in [1.54, 1.807) is 0 Å². The minimum Gasteiger partial charge on any atom is -0.348 e. The van der Waals surface area contributed by atoms with Crippen molar-refractivity contribution in [3.63, 3.8) is 0 Å². The largest absolute Gasteiger partial charge is 0.348 e. The van der Waals surface area contributed by atoms with Crippen LogP contribution in [0.2, 0.25) is 0 Å².